The van der Waals surface area contributed by atoms with E-state index in [0.717, 1.165) is 18.0 Å². The van der Waals surface area contributed by atoms with Crippen molar-refractivity contribution in [2.75, 3.05) is 18.1 Å². The molecule has 0 saturated carbocycles. The summed E-state index contributed by atoms with van der Waals surface area (Å²) in [5.74, 6) is 1.54. The minimum absolute atomic E-state index is 0.534. The quantitative estimate of drug-likeness (QED) is 0.323. The molecule has 0 amide bonds. The van der Waals surface area contributed by atoms with E-state index in [1.54, 1.807) is 0 Å². The lowest BCUT2D eigenvalue weighted by atomic mass is 9.91. The van der Waals surface area contributed by atoms with Crippen LogP contribution in [0.2, 0.25) is 0 Å². The van der Waals surface area contributed by atoms with E-state index in [9.17, 15) is 0 Å². The summed E-state index contributed by atoms with van der Waals surface area (Å²) in [5, 5.41) is 0. The standard InChI is InChI=1S/C29H39NO/c1-5-30-24(4)19-20-27-28(30)21-26(22-29(27)31-6-2)23(3)15-11-8-7-9-12-16-25-17-13-10-14-18-25/h10,13-14,17-23H,4-9,11-12,15-16H2,1-3H3. The Hall–Kier alpha value is -2.48. The van der Waals surface area contributed by atoms with Crippen molar-refractivity contribution in [2.45, 2.75) is 71.6 Å². The summed E-state index contributed by atoms with van der Waals surface area (Å²) in [6.07, 6.45) is 13.3. The number of likely N-dealkylation sites (N-methyl/N-ethyl adjacent to an activating group) is 1. The Morgan fingerprint density at radius 1 is 0.935 bits per heavy atom. The monoisotopic (exact) mass is 417 g/mol. The van der Waals surface area contributed by atoms with Gasteiger partial charge in [-0.3, -0.25) is 0 Å². The SMILES string of the molecule is C=C1C=Cc2c(OCC)cc(C(C)CCCCCCCc3ccccc3)cc2N1CC. The average molecular weight is 418 g/mol. The molecule has 2 aromatic rings. The lowest BCUT2D eigenvalue weighted by molar-refractivity contribution is 0.339. The molecule has 0 aromatic heterocycles. The summed E-state index contributed by atoms with van der Waals surface area (Å²) in [4.78, 5) is 2.29. The molecule has 0 saturated heterocycles. The van der Waals surface area contributed by atoms with Crippen LogP contribution in [-0.4, -0.2) is 13.2 Å². The molecule has 0 spiro atoms. The van der Waals surface area contributed by atoms with Crippen LogP contribution in [0.5, 0.6) is 5.75 Å². The molecule has 1 aliphatic rings. The van der Waals surface area contributed by atoms with E-state index in [1.807, 2.05) is 0 Å². The van der Waals surface area contributed by atoms with Crippen LogP contribution >= 0.6 is 0 Å². The predicted molar refractivity (Wildman–Crippen MR) is 135 cm³/mol. The summed E-state index contributed by atoms with van der Waals surface area (Å²) < 4.78 is 6.02. The van der Waals surface area contributed by atoms with Crippen molar-refractivity contribution in [2.24, 2.45) is 0 Å². The first-order valence-corrected chi connectivity index (χ1v) is 12.1. The van der Waals surface area contributed by atoms with Gasteiger partial charge >= 0.3 is 0 Å². The van der Waals surface area contributed by atoms with Gasteiger partial charge < -0.3 is 9.64 Å². The van der Waals surface area contributed by atoms with Crippen molar-refractivity contribution < 1.29 is 4.74 Å². The van der Waals surface area contributed by atoms with Crippen LogP contribution in [0.15, 0.2) is 60.8 Å². The average Bonchev–Trinajstić information content (AvgIpc) is 2.79. The maximum atomic E-state index is 6.02. The minimum Gasteiger partial charge on any atom is -0.493 e. The highest BCUT2D eigenvalue weighted by Gasteiger charge is 2.21. The van der Waals surface area contributed by atoms with Gasteiger partial charge in [-0.05, 0) is 74.4 Å². The Morgan fingerprint density at radius 2 is 1.68 bits per heavy atom. The number of allylic oxidation sites excluding steroid dienone is 1. The van der Waals surface area contributed by atoms with Crippen LogP contribution < -0.4 is 9.64 Å². The minimum atomic E-state index is 0.534. The topological polar surface area (TPSA) is 12.5 Å². The molecule has 2 aromatic carbocycles. The van der Waals surface area contributed by atoms with E-state index in [4.69, 9.17) is 4.74 Å². The largest absolute Gasteiger partial charge is 0.493 e. The van der Waals surface area contributed by atoms with Gasteiger partial charge in [0.1, 0.15) is 5.75 Å². The first-order valence-electron chi connectivity index (χ1n) is 12.1. The van der Waals surface area contributed by atoms with Gasteiger partial charge in [-0.1, -0.05) is 69.5 Å². The molecule has 1 unspecified atom stereocenters. The molecule has 2 nitrogen and oxygen atoms in total. The van der Waals surface area contributed by atoms with E-state index in [2.05, 4.69) is 86.9 Å². The first kappa shape index (κ1) is 23.2. The molecule has 0 fully saturated rings. The Kier molecular flexibility index (Phi) is 8.82. The van der Waals surface area contributed by atoms with E-state index < -0.39 is 0 Å². The van der Waals surface area contributed by atoms with E-state index in [1.165, 1.54) is 67.3 Å². The van der Waals surface area contributed by atoms with Crippen LogP contribution in [0, 0.1) is 0 Å². The molecule has 0 aliphatic carbocycles. The zero-order valence-corrected chi connectivity index (χ0v) is 19.7. The van der Waals surface area contributed by atoms with Crippen molar-refractivity contribution in [3.63, 3.8) is 0 Å². The van der Waals surface area contributed by atoms with Crippen LogP contribution in [0.4, 0.5) is 5.69 Å². The molecule has 166 valence electrons. The molecule has 0 radical (unpaired) electrons. The third-order valence-electron chi connectivity index (χ3n) is 6.35. The highest BCUT2D eigenvalue weighted by Crippen LogP contribution is 2.40. The number of anilines is 1. The predicted octanol–water partition coefficient (Wildman–Crippen LogP) is 8.14. The van der Waals surface area contributed by atoms with E-state index in [0.29, 0.717) is 12.5 Å². The molecule has 0 N–H and O–H groups in total. The van der Waals surface area contributed by atoms with Crippen molar-refractivity contribution in [3.8, 4) is 5.75 Å². The Labute approximate surface area is 189 Å². The highest BCUT2D eigenvalue weighted by molar-refractivity contribution is 5.80. The van der Waals surface area contributed by atoms with Crippen molar-refractivity contribution in [3.05, 3.63) is 77.5 Å². The maximum Gasteiger partial charge on any atom is 0.128 e. The number of hydrogen-bond acceptors (Lipinski definition) is 2. The van der Waals surface area contributed by atoms with Gasteiger partial charge in [0.05, 0.1) is 12.3 Å². The molecule has 0 bridgehead atoms. The zero-order valence-electron chi connectivity index (χ0n) is 19.7. The third-order valence-corrected chi connectivity index (χ3v) is 6.35. The summed E-state index contributed by atoms with van der Waals surface area (Å²) in [7, 11) is 0. The van der Waals surface area contributed by atoms with E-state index >= 15 is 0 Å². The normalized spacial score (nSPS) is 13.9. The van der Waals surface area contributed by atoms with E-state index in [-0.39, 0.29) is 0 Å². The second kappa shape index (κ2) is 11.8. The second-order valence-electron chi connectivity index (χ2n) is 8.65. The number of nitrogens with zero attached hydrogens (tertiary/aromatic N) is 1. The highest BCUT2D eigenvalue weighted by atomic mass is 16.5. The molecule has 2 heteroatoms. The van der Waals surface area contributed by atoms with Crippen molar-refractivity contribution >= 4 is 11.8 Å². The smallest absolute Gasteiger partial charge is 0.128 e. The van der Waals surface area contributed by atoms with Gasteiger partial charge in [-0.2, -0.15) is 0 Å². The fourth-order valence-electron chi connectivity index (χ4n) is 4.50. The number of aryl methyl sites for hydroxylation is 1. The van der Waals surface area contributed by atoms with Crippen LogP contribution in [0.25, 0.3) is 6.08 Å². The van der Waals surface area contributed by atoms with Crippen LogP contribution in [0.3, 0.4) is 0 Å². The molecule has 1 aliphatic heterocycles. The Morgan fingerprint density at radius 3 is 2.42 bits per heavy atom. The van der Waals surface area contributed by atoms with Crippen molar-refractivity contribution in [1.29, 1.82) is 0 Å². The first-order chi connectivity index (χ1) is 15.1. The summed E-state index contributed by atoms with van der Waals surface area (Å²) in [6.45, 7) is 12.4. The summed E-state index contributed by atoms with van der Waals surface area (Å²) in [6, 6.07) is 15.5. The lowest BCUT2D eigenvalue weighted by Gasteiger charge is -2.31. The zero-order chi connectivity index (χ0) is 22.1. The number of hydrogen-bond donors (Lipinski definition) is 0. The van der Waals surface area contributed by atoms with Crippen molar-refractivity contribution in [1.82, 2.24) is 0 Å². The third kappa shape index (κ3) is 6.26. The Balaban J connectivity index is 1.52. The molecular formula is C29H39NO. The summed E-state index contributed by atoms with van der Waals surface area (Å²) >= 11 is 0. The van der Waals surface area contributed by atoms with Gasteiger partial charge in [0.15, 0.2) is 0 Å². The van der Waals surface area contributed by atoms with Gasteiger partial charge in [0, 0.05) is 17.8 Å². The number of unbranched alkanes of at least 4 members (excludes halogenated alkanes) is 4. The summed E-state index contributed by atoms with van der Waals surface area (Å²) in [5.41, 5.74) is 6.33. The molecule has 1 heterocycles. The molecule has 3 rings (SSSR count). The van der Waals surface area contributed by atoms with Gasteiger partial charge in [0.25, 0.3) is 0 Å². The number of fused-ring (bicyclic) bond motifs is 1. The molecule has 1 atom stereocenters. The number of benzene rings is 2. The Bertz CT molecular complexity index is 868. The second-order valence-corrected chi connectivity index (χ2v) is 8.65. The molecule has 31 heavy (non-hydrogen) atoms. The number of ether oxygens (including phenoxy) is 1. The van der Waals surface area contributed by atoms with Gasteiger partial charge in [0.2, 0.25) is 0 Å². The lowest BCUT2D eigenvalue weighted by Crippen LogP contribution is -2.23. The fourth-order valence-corrected chi connectivity index (χ4v) is 4.50. The number of rotatable bonds is 12. The maximum absolute atomic E-state index is 6.02. The van der Waals surface area contributed by atoms with Gasteiger partial charge in [-0.25, -0.2) is 0 Å². The fraction of sp³-hybridized carbons (Fsp3) is 0.448. The van der Waals surface area contributed by atoms with Crippen LogP contribution in [0.1, 0.15) is 81.9 Å². The molecular weight excluding hydrogens is 378 g/mol. The van der Waals surface area contributed by atoms with Gasteiger partial charge in [-0.15, -0.1) is 0 Å². The van der Waals surface area contributed by atoms with Crippen LogP contribution in [-0.2, 0) is 6.42 Å².